The van der Waals surface area contributed by atoms with Gasteiger partial charge in [-0.15, -0.1) is 0 Å². The fourth-order valence-electron chi connectivity index (χ4n) is 2.72. The Kier molecular flexibility index (Phi) is 7.03. The van der Waals surface area contributed by atoms with Crippen molar-refractivity contribution in [2.45, 2.75) is 6.42 Å². The number of rotatable bonds is 7. The van der Waals surface area contributed by atoms with Crippen LogP contribution < -0.4 is 15.4 Å². The Balaban J connectivity index is 1.49. The summed E-state index contributed by atoms with van der Waals surface area (Å²) in [6.07, 6.45) is 0.736. The van der Waals surface area contributed by atoms with Gasteiger partial charge in [0.2, 0.25) is 0 Å². The summed E-state index contributed by atoms with van der Waals surface area (Å²) in [6, 6.07) is 18.8. The lowest BCUT2D eigenvalue weighted by Gasteiger charge is -2.13. The van der Waals surface area contributed by atoms with Gasteiger partial charge >= 0.3 is 6.03 Å². The van der Waals surface area contributed by atoms with Gasteiger partial charge < -0.3 is 15.4 Å². The number of carbonyl (C=O) groups is 1. The minimum absolute atomic E-state index is 0.0165. The summed E-state index contributed by atoms with van der Waals surface area (Å²) in [5.41, 5.74) is 2.19. The zero-order valence-corrected chi connectivity index (χ0v) is 16.2. The van der Waals surface area contributed by atoms with Gasteiger partial charge in [-0.2, -0.15) is 0 Å². The van der Waals surface area contributed by atoms with Crippen LogP contribution in [-0.4, -0.2) is 19.2 Å². The lowest BCUT2D eigenvalue weighted by Crippen LogP contribution is -2.32. The van der Waals surface area contributed by atoms with Gasteiger partial charge in [-0.1, -0.05) is 60.1 Å². The van der Waals surface area contributed by atoms with Crippen LogP contribution in [0.4, 0.5) is 19.3 Å². The number of hydrogen-bond acceptors (Lipinski definition) is 2. The summed E-state index contributed by atoms with van der Waals surface area (Å²) < 4.78 is 32.1. The number of para-hydroxylation sites is 1. The third-order valence-electron chi connectivity index (χ3n) is 4.11. The van der Waals surface area contributed by atoms with E-state index >= 15 is 0 Å². The number of carbonyl (C=O) groups excluding carboxylic acids is 1. The summed E-state index contributed by atoms with van der Waals surface area (Å²) in [4.78, 5) is 11.9. The molecule has 0 aliphatic rings. The van der Waals surface area contributed by atoms with Crippen molar-refractivity contribution >= 4 is 23.3 Å². The van der Waals surface area contributed by atoms with Crippen molar-refractivity contribution in [3.05, 3.63) is 94.5 Å². The van der Waals surface area contributed by atoms with Gasteiger partial charge in [0, 0.05) is 12.5 Å². The number of hydrogen-bond donors (Lipinski definition) is 2. The quantitative estimate of drug-likeness (QED) is 0.399. The number of benzene rings is 3. The Hall–Kier alpha value is -3.12. The van der Waals surface area contributed by atoms with Gasteiger partial charge in [-0.25, -0.2) is 13.6 Å². The predicted molar refractivity (Wildman–Crippen MR) is 110 cm³/mol. The monoisotopic (exact) mass is 416 g/mol. The van der Waals surface area contributed by atoms with Crippen molar-refractivity contribution in [2.75, 3.05) is 18.5 Å². The fourth-order valence-corrected chi connectivity index (χ4v) is 2.91. The first-order valence-corrected chi connectivity index (χ1v) is 9.35. The lowest BCUT2D eigenvalue weighted by atomic mass is 10.0. The minimum Gasteiger partial charge on any atom is -0.491 e. The molecular formula is C22H19ClF2N2O2. The predicted octanol–water partition coefficient (Wildman–Crippen LogP) is 5.41. The van der Waals surface area contributed by atoms with Crippen LogP contribution in [0.2, 0.25) is 5.02 Å². The molecule has 0 aromatic heterocycles. The molecule has 0 radical (unpaired) electrons. The van der Waals surface area contributed by atoms with Crippen molar-refractivity contribution in [1.82, 2.24) is 5.32 Å². The molecule has 0 saturated carbocycles. The van der Waals surface area contributed by atoms with E-state index in [9.17, 15) is 13.6 Å². The third-order valence-corrected chi connectivity index (χ3v) is 4.43. The highest BCUT2D eigenvalue weighted by atomic mass is 35.5. The second-order valence-electron chi connectivity index (χ2n) is 6.25. The van der Waals surface area contributed by atoms with Gasteiger partial charge in [0.05, 0.1) is 17.3 Å². The van der Waals surface area contributed by atoms with E-state index in [0.717, 1.165) is 29.9 Å². The van der Waals surface area contributed by atoms with Crippen molar-refractivity contribution in [2.24, 2.45) is 0 Å². The van der Waals surface area contributed by atoms with Gasteiger partial charge in [-0.05, 0) is 23.3 Å². The van der Waals surface area contributed by atoms with Crippen LogP contribution in [0, 0.1) is 11.6 Å². The minimum atomic E-state index is -1.09. The van der Waals surface area contributed by atoms with E-state index in [1.807, 2.05) is 54.6 Å². The molecule has 0 unspecified atom stereocenters. The maximum absolute atomic E-state index is 13.3. The Morgan fingerprint density at radius 3 is 2.45 bits per heavy atom. The molecule has 7 heteroatoms. The summed E-state index contributed by atoms with van der Waals surface area (Å²) in [5, 5.41) is 4.87. The van der Waals surface area contributed by atoms with Crippen LogP contribution in [0.25, 0.3) is 0 Å². The van der Waals surface area contributed by atoms with Gasteiger partial charge in [0.25, 0.3) is 0 Å². The molecule has 0 aliphatic carbocycles. The van der Waals surface area contributed by atoms with E-state index in [1.165, 1.54) is 5.56 Å². The lowest BCUT2D eigenvalue weighted by molar-refractivity contribution is 0.247. The molecule has 2 amide bonds. The van der Waals surface area contributed by atoms with Crippen molar-refractivity contribution in [1.29, 1.82) is 0 Å². The number of halogens is 3. The zero-order valence-electron chi connectivity index (χ0n) is 15.4. The average Bonchev–Trinajstić information content (AvgIpc) is 2.71. The first-order valence-electron chi connectivity index (χ1n) is 8.97. The second-order valence-corrected chi connectivity index (χ2v) is 6.65. The van der Waals surface area contributed by atoms with Crippen LogP contribution in [-0.2, 0) is 6.42 Å². The summed E-state index contributed by atoms with van der Waals surface area (Å²) in [7, 11) is 0. The van der Waals surface area contributed by atoms with E-state index in [2.05, 4.69) is 10.6 Å². The number of ether oxygens (including phenoxy) is 1. The van der Waals surface area contributed by atoms with E-state index in [-0.39, 0.29) is 23.9 Å². The third kappa shape index (κ3) is 5.93. The topological polar surface area (TPSA) is 50.4 Å². The van der Waals surface area contributed by atoms with E-state index < -0.39 is 17.7 Å². The van der Waals surface area contributed by atoms with Crippen LogP contribution >= 0.6 is 11.6 Å². The van der Waals surface area contributed by atoms with Crippen LogP contribution in [0.1, 0.15) is 11.1 Å². The van der Waals surface area contributed by atoms with Gasteiger partial charge in [0.15, 0.2) is 11.6 Å². The maximum Gasteiger partial charge on any atom is 0.319 e. The largest absolute Gasteiger partial charge is 0.491 e. The van der Waals surface area contributed by atoms with Crippen LogP contribution in [0.5, 0.6) is 5.75 Å². The number of anilines is 1. The highest BCUT2D eigenvalue weighted by Gasteiger charge is 2.11. The van der Waals surface area contributed by atoms with Crippen molar-refractivity contribution in [3.63, 3.8) is 0 Å². The van der Waals surface area contributed by atoms with Gasteiger partial charge in [-0.3, -0.25) is 0 Å². The molecule has 2 N–H and O–H groups in total. The molecule has 0 heterocycles. The molecule has 0 atom stereocenters. The standard InChI is InChI=1S/C22H19ClF2N2O2/c23-17-13-18(24)19(25)14-20(17)27-22(28)26-10-11-29-21-9-5-4-8-16(21)12-15-6-2-1-3-7-15/h1-9,13-14H,10-12H2,(H2,26,27,28). The molecule has 0 saturated heterocycles. The maximum atomic E-state index is 13.3. The van der Waals surface area contributed by atoms with E-state index in [1.54, 1.807) is 0 Å². The molecule has 29 heavy (non-hydrogen) atoms. The number of urea groups is 1. The number of nitrogens with one attached hydrogen (secondary N) is 2. The fraction of sp³-hybridized carbons (Fsp3) is 0.136. The highest BCUT2D eigenvalue weighted by Crippen LogP contribution is 2.24. The van der Waals surface area contributed by atoms with Crippen LogP contribution in [0.3, 0.4) is 0 Å². The van der Waals surface area contributed by atoms with E-state index in [4.69, 9.17) is 16.3 Å². The molecule has 3 aromatic carbocycles. The second kappa shape index (κ2) is 9.89. The Labute approximate surface area is 172 Å². The average molecular weight is 417 g/mol. The number of amides is 2. The molecule has 3 rings (SSSR count). The first-order chi connectivity index (χ1) is 14.0. The van der Waals surface area contributed by atoms with Crippen molar-refractivity contribution < 1.29 is 18.3 Å². The molecule has 0 bridgehead atoms. The normalized spacial score (nSPS) is 10.4. The molecule has 150 valence electrons. The molecule has 3 aromatic rings. The summed E-state index contributed by atoms with van der Waals surface area (Å²) >= 11 is 5.80. The Morgan fingerprint density at radius 2 is 1.66 bits per heavy atom. The molecular weight excluding hydrogens is 398 g/mol. The smallest absolute Gasteiger partial charge is 0.319 e. The Morgan fingerprint density at radius 1 is 0.966 bits per heavy atom. The SMILES string of the molecule is O=C(NCCOc1ccccc1Cc1ccccc1)Nc1cc(F)c(F)cc1Cl. The van der Waals surface area contributed by atoms with Gasteiger partial charge in [0.1, 0.15) is 12.4 Å². The molecule has 0 spiro atoms. The molecule has 4 nitrogen and oxygen atoms in total. The van der Waals surface area contributed by atoms with Crippen LogP contribution in [0.15, 0.2) is 66.7 Å². The summed E-state index contributed by atoms with van der Waals surface area (Å²) in [5.74, 6) is -1.44. The van der Waals surface area contributed by atoms with E-state index in [0.29, 0.717) is 0 Å². The van der Waals surface area contributed by atoms with Crippen molar-refractivity contribution in [3.8, 4) is 5.75 Å². The molecule has 0 aliphatic heterocycles. The summed E-state index contributed by atoms with van der Waals surface area (Å²) in [6.45, 7) is 0.456. The molecule has 0 fully saturated rings. The zero-order chi connectivity index (χ0) is 20.6. The highest BCUT2D eigenvalue weighted by molar-refractivity contribution is 6.33. The Bertz CT molecular complexity index is 984. The first kappa shape index (κ1) is 20.6.